The van der Waals surface area contributed by atoms with E-state index in [1.54, 1.807) is 23.6 Å². The summed E-state index contributed by atoms with van der Waals surface area (Å²) in [5, 5.41) is 13.2. The molecule has 0 fully saturated rings. The van der Waals surface area contributed by atoms with E-state index in [2.05, 4.69) is 30.2 Å². The zero-order chi connectivity index (χ0) is 20.0. The second-order valence-electron chi connectivity index (χ2n) is 8.25. The van der Waals surface area contributed by atoms with Crippen molar-refractivity contribution < 1.29 is 9.90 Å². The number of hydrogen-bond acceptors (Lipinski definition) is 4. The van der Waals surface area contributed by atoms with Crippen LogP contribution in [0.15, 0.2) is 18.3 Å². The number of carbonyl (C=O) groups is 1. The maximum absolute atomic E-state index is 12.3. The number of unbranched alkanes of at least 4 members (excludes halogenated alkanes) is 1. The monoisotopic (exact) mass is 388 g/mol. The van der Waals surface area contributed by atoms with E-state index < -0.39 is 0 Å². The molecule has 27 heavy (non-hydrogen) atoms. The van der Waals surface area contributed by atoms with E-state index in [0.717, 1.165) is 29.7 Å². The molecule has 0 aromatic carbocycles. The van der Waals surface area contributed by atoms with Crippen LogP contribution in [0, 0.1) is 5.41 Å². The lowest BCUT2D eigenvalue weighted by Gasteiger charge is -2.18. The van der Waals surface area contributed by atoms with Crippen molar-refractivity contribution in [3.05, 3.63) is 34.5 Å². The van der Waals surface area contributed by atoms with Crippen molar-refractivity contribution in [3.8, 4) is 16.2 Å². The molecule has 0 aliphatic carbocycles. The first kappa shape index (κ1) is 21.4. The van der Waals surface area contributed by atoms with Gasteiger partial charge in [0.25, 0.3) is 5.91 Å². The molecule has 2 rings (SSSR count). The highest BCUT2D eigenvalue weighted by Gasteiger charge is 2.18. The quantitative estimate of drug-likeness (QED) is 0.620. The van der Waals surface area contributed by atoms with Crippen LogP contribution in [-0.2, 0) is 12.8 Å². The first-order valence-corrected chi connectivity index (χ1v) is 10.7. The van der Waals surface area contributed by atoms with Crippen LogP contribution in [0.1, 0.15) is 74.8 Å². The summed E-state index contributed by atoms with van der Waals surface area (Å²) in [6.07, 6.45) is 7.35. The van der Waals surface area contributed by atoms with Crippen LogP contribution in [0.4, 0.5) is 0 Å². The van der Waals surface area contributed by atoms with E-state index in [4.69, 9.17) is 0 Å². The molecule has 148 valence electrons. The van der Waals surface area contributed by atoms with E-state index in [0.29, 0.717) is 6.54 Å². The Hall–Kier alpha value is -1.88. The summed E-state index contributed by atoms with van der Waals surface area (Å²) in [7, 11) is 0. The van der Waals surface area contributed by atoms with Gasteiger partial charge < -0.3 is 10.4 Å². The van der Waals surface area contributed by atoms with Gasteiger partial charge in [0, 0.05) is 28.1 Å². The van der Waals surface area contributed by atoms with Crippen molar-refractivity contribution in [2.45, 2.75) is 66.7 Å². The van der Waals surface area contributed by atoms with Crippen LogP contribution in [0.25, 0.3) is 10.4 Å². The standard InChI is InChI=1S/C22H32N2O2S/c1-6-8-10-15-12-19(27-18(15)9-7-2)16-11-17(25)20(23-13-16)21(26)24-14-22(3,4)5/h11-13,25H,6-10,14H2,1-5H3,(H,24,26). The molecular formula is C22H32N2O2S. The predicted molar refractivity (Wildman–Crippen MR) is 114 cm³/mol. The fourth-order valence-electron chi connectivity index (χ4n) is 2.82. The van der Waals surface area contributed by atoms with Gasteiger partial charge in [0.05, 0.1) is 0 Å². The maximum atomic E-state index is 12.3. The summed E-state index contributed by atoms with van der Waals surface area (Å²) < 4.78 is 0. The zero-order valence-corrected chi connectivity index (χ0v) is 18.0. The Morgan fingerprint density at radius 3 is 2.52 bits per heavy atom. The largest absolute Gasteiger partial charge is 0.505 e. The number of aromatic nitrogens is 1. The average molecular weight is 389 g/mol. The Morgan fingerprint density at radius 1 is 1.19 bits per heavy atom. The van der Waals surface area contributed by atoms with Gasteiger partial charge >= 0.3 is 0 Å². The minimum absolute atomic E-state index is 0.0211. The Morgan fingerprint density at radius 2 is 1.93 bits per heavy atom. The Bertz CT molecular complexity index is 775. The van der Waals surface area contributed by atoms with Gasteiger partial charge in [-0.2, -0.15) is 0 Å². The molecule has 0 atom stereocenters. The predicted octanol–water partition coefficient (Wildman–Crippen LogP) is 5.59. The minimum atomic E-state index is -0.338. The van der Waals surface area contributed by atoms with E-state index in [-0.39, 0.29) is 22.8 Å². The molecule has 0 saturated carbocycles. The summed E-state index contributed by atoms with van der Waals surface area (Å²) >= 11 is 1.77. The van der Waals surface area contributed by atoms with Gasteiger partial charge in [0.2, 0.25) is 0 Å². The fraction of sp³-hybridized carbons (Fsp3) is 0.545. The Labute approximate surface area is 167 Å². The molecule has 0 bridgehead atoms. The number of aromatic hydroxyl groups is 1. The van der Waals surface area contributed by atoms with Gasteiger partial charge in [-0.15, -0.1) is 11.3 Å². The van der Waals surface area contributed by atoms with Crippen molar-refractivity contribution in [1.29, 1.82) is 0 Å². The molecule has 0 saturated heterocycles. The molecular weight excluding hydrogens is 356 g/mol. The maximum Gasteiger partial charge on any atom is 0.273 e. The first-order valence-electron chi connectivity index (χ1n) is 9.84. The van der Waals surface area contributed by atoms with Gasteiger partial charge in [-0.1, -0.05) is 47.5 Å². The van der Waals surface area contributed by atoms with Crippen molar-refractivity contribution in [1.82, 2.24) is 10.3 Å². The number of nitrogens with zero attached hydrogens (tertiary/aromatic N) is 1. The smallest absolute Gasteiger partial charge is 0.273 e. The number of nitrogens with one attached hydrogen (secondary N) is 1. The van der Waals surface area contributed by atoms with Crippen molar-refractivity contribution in [2.24, 2.45) is 5.41 Å². The molecule has 0 spiro atoms. The summed E-state index contributed by atoms with van der Waals surface area (Å²) in [5.74, 6) is -0.407. The third kappa shape index (κ3) is 6.06. The molecule has 1 amide bonds. The second kappa shape index (κ2) is 9.36. The van der Waals surface area contributed by atoms with Crippen LogP contribution in [-0.4, -0.2) is 22.5 Å². The van der Waals surface area contributed by atoms with Gasteiger partial charge in [-0.25, -0.2) is 4.98 Å². The molecule has 0 unspecified atom stereocenters. The normalized spacial score (nSPS) is 11.6. The number of carbonyl (C=O) groups excluding carboxylic acids is 1. The SMILES string of the molecule is CCCCc1cc(-c2cnc(C(=O)NCC(C)(C)C)c(O)c2)sc1CCC. The van der Waals surface area contributed by atoms with E-state index in [9.17, 15) is 9.90 Å². The minimum Gasteiger partial charge on any atom is -0.505 e. The lowest BCUT2D eigenvalue weighted by atomic mass is 9.97. The molecule has 2 aromatic heterocycles. The van der Waals surface area contributed by atoms with Crippen molar-refractivity contribution >= 4 is 17.2 Å². The van der Waals surface area contributed by atoms with Crippen LogP contribution in [0.3, 0.4) is 0 Å². The lowest BCUT2D eigenvalue weighted by Crippen LogP contribution is -2.32. The topological polar surface area (TPSA) is 62.2 Å². The summed E-state index contributed by atoms with van der Waals surface area (Å²) in [4.78, 5) is 19.1. The third-order valence-electron chi connectivity index (χ3n) is 4.32. The Kier molecular flexibility index (Phi) is 7.42. The van der Waals surface area contributed by atoms with Crippen LogP contribution in [0.5, 0.6) is 5.75 Å². The Balaban J connectivity index is 2.22. The van der Waals surface area contributed by atoms with Gasteiger partial charge in [0.1, 0.15) is 5.75 Å². The molecule has 5 heteroatoms. The molecule has 0 radical (unpaired) electrons. The number of amides is 1. The summed E-state index contributed by atoms with van der Waals surface area (Å²) in [6.45, 7) is 11.1. The zero-order valence-electron chi connectivity index (χ0n) is 17.2. The number of hydrogen-bond donors (Lipinski definition) is 2. The number of aryl methyl sites for hydroxylation is 2. The van der Waals surface area contributed by atoms with Gasteiger partial charge in [-0.3, -0.25) is 4.79 Å². The first-order chi connectivity index (χ1) is 12.7. The third-order valence-corrected chi connectivity index (χ3v) is 5.61. The molecule has 0 aliphatic rings. The highest BCUT2D eigenvalue weighted by molar-refractivity contribution is 7.15. The molecule has 2 heterocycles. The second-order valence-corrected chi connectivity index (χ2v) is 9.38. The van der Waals surface area contributed by atoms with Crippen LogP contribution < -0.4 is 5.32 Å². The summed E-state index contributed by atoms with van der Waals surface area (Å²) in [6, 6.07) is 3.88. The fourth-order valence-corrected chi connectivity index (χ4v) is 4.11. The molecule has 2 N–H and O–H groups in total. The lowest BCUT2D eigenvalue weighted by molar-refractivity contribution is 0.0931. The highest BCUT2D eigenvalue weighted by Crippen LogP contribution is 2.35. The number of rotatable bonds is 8. The highest BCUT2D eigenvalue weighted by atomic mass is 32.1. The van der Waals surface area contributed by atoms with Crippen LogP contribution >= 0.6 is 11.3 Å². The number of thiophene rings is 1. The van der Waals surface area contributed by atoms with Gasteiger partial charge in [0.15, 0.2) is 5.69 Å². The van der Waals surface area contributed by atoms with Crippen molar-refractivity contribution in [2.75, 3.05) is 6.54 Å². The van der Waals surface area contributed by atoms with E-state index in [1.165, 1.54) is 23.3 Å². The average Bonchev–Trinajstić information content (AvgIpc) is 3.00. The van der Waals surface area contributed by atoms with Gasteiger partial charge in [-0.05, 0) is 42.4 Å². The number of pyridine rings is 1. The molecule has 4 nitrogen and oxygen atoms in total. The van der Waals surface area contributed by atoms with Crippen LogP contribution in [0.2, 0.25) is 0 Å². The van der Waals surface area contributed by atoms with E-state index in [1.807, 2.05) is 20.8 Å². The molecule has 2 aromatic rings. The van der Waals surface area contributed by atoms with Crippen molar-refractivity contribution in [3.63, 3.8) is 0 Å². The van der Waals surface area contributed by atoms with E-state index >= 15 is 0 Å². The summed E-state index contributed by atoms with van der Waals surface area (Å²) in [5.41, 5.74) is 2.34. The molecule has 0 aliphatic heterocycles.